The summed E-state index contributed by atoms with van der Waals surface area (Å²) in [7, 11) is 0. The van der Waals surface area contributed by atoms with Gasteiger partial charge in [-0.3, -0.25) is 23.7 Å². The Morgan fingerprint density at radius 3 is 2.60 bits per heavy atom. The number of benzene rings is 1. The SMILES string of the molecule is CCCCCn1nc(C(=O)N2CCN(Cc3cc(=O)n4ccsc4n3)CC2)c2ccccc2c1=O. The third-order valence-electron chi connectivity index (χ3n) is 6.45. The summed E-state index contributed by atoms with van der Waals surface area (Å²) in [4.78, 5) is 48.0. The van der Waals surface area contributed by atoms with Crippen LogP contribution in [-0.2, 0) is 13.1 Å². The van der Waals surface area contributed by atoms with E-state index in [2.05, 4.69) is 21.9 Å². The van der Waals surface area contributed by atoms with E-state index in [1.165, 1.54) is 16.0 Å². The van der Waals surface area contributed by atoms with Crippen LogP contribution < -0.4 is 11.1 Å². The first-order chi connectivity index (χ1) is 17.0. The molecule has 1 saturated heterocycles. The summed E-state index contributed by atoms with van der Waals surface area (Å²) in [5.41, 5.74) is 0.850. The second-order valence-electron chi connectivity index (χ2n) is 8.84. The fourth-order valence-electron chi connectivity index (χ4n) is 4.51. The standard InChI is InChI=1S/C25H28N6O3S/c1-2-3-6-9-31-23(33)20-8-5-4-7-19(20)22(27-31)24(34)29-12-10-28(11-13-29)17-18-16-21(32)30-14-15-35-25(30)26-18/h4-5,7-8,14-16H,2-3,6,9-13,17H2,1H3. The lowest BCUT2D eigenvalue weighted by Crippen LogP contribution is -2.49. The third kappa shape index (κ3) is 4.76. The molecule has 9 nitrogen and oxygen atoms in total. The maximum atomic E-state index is 13.5. The van der Waals surface area contributed by atoms with E-state index >= 15 is 0 Å². The van der Waals surface area contributed by atoms with E-state index < -0.39 is 0 Å². The summed E-state index contributed by atoms with van der Waals surface area (Å²) in [5, 5.41) is 7.50. The number of piperazine rings is 1. The van der Waals surface area contributed by atoms with Gasteiger partial charge in [-0.2, -0.15) is 5.10 Å². The highest BCUT2D eigenvalue weighted by Crippen LogP contribution is 2.17. The fraction of sp³-hybridized carbons (Fsp3) is 0.400. The predicted molar refractivity (Wildman–Crippen MR) is 136 cm³/mol. The Hall–Kier alpha value is -3.37. The molecule has 1 aliphatic rings. The molecule has 0 N–H and O–H groups in total. The van der Waals surface area contributed by atoms with Crippen LogP contribution in [0.4, 0.5) is 0 Å². The average molecular weight is 493 g/mol. The minimum Gasteiger partial charge on any atom is -0.335 e. The first-order valence-corrected chi connectivity index (χ1v) is 12.9. The largest absolute Gasteiger partial charge is 0.335 e. The summed E-state index contributed by atoms with van der Waals surface area (Å²) >= 11 is 1.44. The highest BCUT2D eigenvalue weighted by molar-refractivity contribution is 7.15. The van der Waals surface area contributed by atoms with E-state index in [9.17, 15) is 14.4 Å². The molecule has 0 atom stereocenters. The van der Waals surface area contributed by atoms with Gasteiger partial charge in [-0.05, 0) is 12.5 Å². The van der Waals surface area contributed by atoms with Crippen LogP contribution in [0.2, 0.25) is 0 Å². The maximum Gasteiger partial charge on any atom is 0.275 e. The number of thiazole rings is 1. The molecule has 1 fully saturated rings. The minimum absolute atomic E-state index is 0.0768. The van der Waals surface area contributed by atoms with Crippen LogP contribution in [0.3, 0.4) is 0 Å². The molecule has 0 spiro atoms. The number of nitrogens with zero attached hydrogens (tertiary/aromatic N) is 6. The lowest BCUT2D eigenvalue weighted by Gasteiger charge is -2.34. The van der Waals surface area contributed by atoms with Gasteiger partial charge in [-0.15, -0.1) is 11.3 Å². The molecule has 0 bridgehead atoms. The zero-order valence-electron chi connectivity index (χ0n) is 19.7. The molecule has 1 aliphatic heterocycles. The second-order valence-corrected chi connectivity index (χ2v) is 9.71. The summed E-state index contributed by atoms with van der Waals surface area (Å²) in [6.07, 6.45) is 4.63. The smallest absolute Gasteiger partial charge is 0.275 e. The Bertz CT molecular complexity index is 1480. The molecule has 1 aromatic carbocycles. The summed E-state index contributed by atoms with van der Waals surface area (Å²) in [5.74, 6) is -0.151. The molecule has 4 aromatic rings. The van der Waals surface area contributed by atoms with Crippen LogP contribution in [0, 0.1) is 0 Å². The van der Waals surface area contributed by atoms with Gasteiger partial charge in [-0.1, -0.05) is 38.0 Å². The van der Waals surface area contributed by atoms with E-state index in [-0.39, 0.29) is 17.0 Å². The van der Waals surface area contributed by atoms with Gasteiger partial charge in [0.2, 0.25) is 0 Å². The highest BCUT2D eigenvalue weighted by Gasteiger charge is 2.26. The number of aromatic nitrogens is 4. The van der Waals surface area contributed by atoms with Gasteiger partial charge in [0.1, 0.15) is 0 Å². The highest BCUT2D eigenvalue weighted by atomic mass is 32.1. The molecule has 35 heavy (non-hydrogen) atoms. The maximum absolute atomic E-state index is 13.5. The first-order valence-electron chi connectivity index (χ1n) is 12.0. The van der Waals surface area contributed by atoms with E-state index in [0.717, 1.165) is 25.0 Å². The Labute approximate surface area is 206 Å². The van der Waals surface area contributed by atoms with E-state index in [4.69, 9.17) is 0 Å². The lowest BCUT2D eigenvalue weighted by molar-refractivity contribution is 0.0621. The summed E-state index contributed by atoms with van der Waals surface area (Å²) < 4.78 is 3.00. The van der Waals surface area contributed by atoms with Gasteiger partial charge in [0.25, 0.3) is 17.0 Å². The topological polar surface area (TPSA) is 92.8 Å². The van der Waals surface area contributed by atoms with Crippen LogP contribution in [0.1, 0.15) is 42.4 Å². The van der Waals surface area contributed by atoms with E-state index in [1.807, 2.05) is 17.5 Å². The number of fused-ring (bicyclic) bond motifs is 2. The van der Waals surface area contributed by atoms with Gasteiger partial charge >= 0.3 is 0 Å². The van der Waals surface area contributed by atoms with Crippen LogP contribution in [0.5, 0.6) is 0 Å². The van der Waals surface area contributed by atoms with Crippen LogP contribution in [0.15, 0.2) is 51.5 Å². The third-order valence-corrected chi connectivity index (χ3v) is 7.20. The van der Waals surface area contributed by atoms with Crippen LogP contribution in [0.25, 0.3) is 15.7 Å². The minimum atomic E-state index is -0.151. The van der Waals surface area contributed by atoms with Crippen LogP contribution >= 0.6 is 11.3 Å². The fourth-order valence-corrected chi connectivity index (χ4v) is 5.25. The van der Waals surface area contributed by atoms with Gasteiger partial charge in [0.05, 0.1) is 11.1 Å². The van der Waals surface area contributed by atoms with Crippen molar-refractivity contribution in [2.24, 2.45) is 0 Å². The molecular formula is C25H28N6O3S. The molecule has 0 saturated carbocycles. The van der Waals surface area contributed by atoms with Crippen molar-refractivity contribution < 1.29 is 4.79 Å². The van der Waals surface area contributed by atoms with Gasteiger partial charge in [0.15, 0.2) is 10.7 Å². The monoisotopic (exact) mass is 492 g/mol. The molecule has 10 heteroatoms. The number of unbranched alkanes of at least 4 members (excludes halogenated alkanes) is 2. The molecule has 4 heterocycles. The molecule has 5 rings (SSSR count). The van der Waals surface area contributed by atoms with Crippen LogP contribution in [-0.4, -0.2) is 61.1 Å². The van der Waals surface area contributed by atoms with Gasteiger partial charge in [0, 0.05) is 62.3 Å². The molecular weight excluding hydrogens is 464 g/mol. The Kier molecular flexibility index (Phi) is 6.74. The molecule has 1 amide bonds. The Morgan fingerprint density at radius 1 is 1.06 bits per heavy atom. The first kappa shape index (κ1) is 23.4. The molecule has 0 radical (unpaired) electrons. The van der Waals surface area contributed by atoms with Crippen molar-refractivity contribution >= 4 is 33.0 Å². The van der Waals surface area contributed by atoms with Crippen molar-refractivity contribution in [3.8, 4) is 0 Å². The molecule has 0 unspecified atom stereocenters. The summed E-state index contributed by atoms with van der Waals surface area (Å²) in [6.45, 7) is 5.62. The number of carbonyl (C=O) groups excluding carboxylic acids is 1. The number of carbonyl (C=O) groups is 1. The van der Waals surface area contributed by atoms with Crippen molar-refractivity contribution in [3.63, 3.8) is 0 Å². The average Bonchev–Trinajstić information content (AvgIpc) is 3.35. The van der Waals surface area contributed by atoms with Crippen molar-refractivity contribution in [2.75, 3.05) is 26.2 Å². The zero-order valence-corrected chi connectivity index (χ0v) is 20.5. The van der Waals surface area contributed by atoms with Crippen molar-refractivity contribution in [1.29, 1.82) is 0 Å². The van der Waals surface area contributed by atoms with Gasteiger partial charge < -0.3 is 4.90 Å². The van der Waals surface area contributed by atoms with Crippen molar-refractivity contribution in [3.05, 3.63) is 74.0 Å². The number of rotatable bonds is 7. The molecule has 0 aliphatic carbocycles. The number of aryl methyl sites for hydroxylation is 1. The number of hydrogen-bond donors (Lipinski definition) is 0. The predicted octanol–water partition coefficient (Wildman–Crippen LogP) is 2.61. The van der Waals surface area contributed by atoms with Crippen molar-refractivity contribution in [1.82, 2.24) is 29.0 Å². The second kappa shape index (κ2) is 10.1. The Morgan fingerprint density at radius 2 is 1.83 bits per heavy atom. The zero-order chi connectivity index (χ0) is 24.4. The number of hydrogen-bond acceptors (Lipinski definition) is 7. The molecule has 182 valence electrons. The number of amides is 1. The quantitative estimate of drug-likeness (QED) is 0.368. The molecule has 3 aromatic heterocycles. The van der Waals surface area contributed by atoms with E-state index in [1.54, 1.807) is 33.7 Å². The summed E-state index contributed by atoms with van der Waals surface area (Å²) in [6, 6.07) is 8.80. The van der Waals surface area contributed by atoms with Crippen molar-refractivity contribution in [2.45, 2.75) is 39.3 Å². The lowest BCUT2D eigenvalue weighted by atomic mass is 10.1. The Balaban J connectivity index is 1.32. The van der Waals surface area contributed by atoms with E-state index in [0.29, 0.717) is 60.7 Å². The normalized spacial score (nSPS) is 14.7. The van der Waals surface area contributed by atoms with Gasteiger partial charge in [-0.25, -0.2) is 9.67 Å².